The minimum absolute atomic E-state index is 0.118. The maximum atomic E-state index is 11.3. The molecule has 0 radical (unpaired) electrons. The highest BCUT2D eigenvalue weighted by Gasteiger charge is 2.17. The summed E-state index contributed by atoms with van der Waals surface area (Å²) < 4.78 is 9.87. The molecule has 1 N–H and O–H groups in total. The van der Waals surface area contributed by atoms with Crippen LogP contribution in [0.25, 0.3) is 0 Å². The molecule has 1 unspecified atom stereocenters. The summed E-state index contributed by atoms with van der Waals surface area (Å²) in [5, 5.41) is 2.58. The Labute approximate surface area is 107 Å². The second kappa shape index (κ2) is 7.37. The van der Waals surface area contributed by atoms with E-state index in [-0.39, 0.29) is 18.5 Å². The molecular weight excluding hydrogens is 246 g/mol. The molecule has 0 saturated carbocycles. The van der Waals surface area contributed by atoms with E-state index in [4.69, 9.17) is 21.1 Å². The highest BCUT2D eigenvalue weighted by molar-refractivity contribution is 6.18. The van der Waals surface area contributed by atoms with Crippen molar-refractivity contribution in [1.82, 2.24) is 5.32 Å². The molecular formula is C11H20ClNO4. The molecule has 0 aliphatic carbocycles. The van der Waals surface area contributed by atoms with Crippen LogP contribution in [0.2, 0.25) is 0 Å². The van der Waals surface area contributed by atoms with Gasteiger partial charge in [0.25, 0.3) is 0 Å². The largest absolute Gasteiger partial charge is 0.465 e. The molecule has 100 valence electrons. The van der Waals surface area contributed by atoms with Crippen LogP contribution in [0.4, 0.5) is 4.79 Å². The maximum absolute atomic E-state index is 11.3. The molecule has 1 atom stereocenters. The SMILES string of the molecule is CC(=O)OCC(CCl)CNC(=O)OC(C)(C)C. The Kier molecular flexibility index (Phi) is 6.95. The van der Waals surface area contributed by atoms with Gasteiger partial charge in [-0.2, -0.15) is 0 Å². The number of ether oxygens (including phenoxy) is 2. The van der Waals surface area contributed by atoms with Gasteiger partial charge < -0.3 is 14.8 Å². The second-order valence-electron chi connectivity index (χ2n) is 4.71. The minimum Gasteiger partial charge on any atom is -0.465 e. The lowest BCUT2D eigenvalue weighted by Crippen LogP contribution is -2.36. The molecule has 0 fully saturated rings. The van der Waals surface area contributed by atoms with Crippen LogP contribution in [0.3, 0.4) is 0 Å². The third-order valence-corrected chi connectivity index (χ3v) is 2.11. The quantitative estimate of drug-likeness (QED) is 0.609. The number of hydrogen-bond acceptors (Lipinski definition) is 4. The number of amides is 1. The molecule has 17 heavy (non-hydrogen) atoms. The summed E-state index contributed by atoms with van der Waals surface area (Å²) in [6, 6.07) is 0. The fourth-order valence-electron chi connectivity index (χ4n) is 0.935. The molecule has 0 aliphatic rings. The molecule has 0 rings (SSSR count). The van der Waals surface area contributed by atoms with Crippen molar-refractivity contribution in [2.45, 2.75) is 33.3 Å². The van der Waals surface area contributed by atoms with Gasteiger partial charge in [0.15, 0.2) is 0 Å². The summed E-state index contributed by atoms with van der Waals surface area (Å²) in [4.78, 5) is 21.9. The third kappa shape index (κ3) is 9.93. The van der Waals surface area contributed by atoms with Crippen molar-refractivity contribution in [2.75, 3.05) is 19.0 Å². The first kappa shape index (κ1) is 16.0. The molecule has 6 heteroatoms. The lowest BCUT2D eigenvalue weighted by atomic mass is 10.2. The fourth-order valence-corrected chi connectivity index (χ4v) is 1.13. The molecule has 0 heterocycles. The Hall–Kier alpha value is -0.970. The number of alkyl halides is 1. The number of carbonyl (C=O) groups is 2. The molecule has 0 spiro atoms. The van der Waals surface area contributed by atoms with Gasteiger partial charge in [0.2, 0.25) is 0 Å². The minimum atomic E-state index is -0.531. The van der Waals surface area contributed by atoms with Crippen molar-refractivity contribution in [3.05, 3.63) is 0 Å². The summed E-state index contributed by atoms with van der Waals surface area (Å²) in [5.74, 6) is -0.186. The van der Waals surface area contributed by atoms with Gasteiger partial charge in [0, 0.05) is 25.3 Å². The summed E-state index contributed by atoms with van der Waals surface area (Å²) >= 11 is 5.68. The summed E-state index contributed by atoms with van der Waals surface area (Å²) in [6.07, 6.45) is -0.504. The van der Waals surface area contributed by atoms with E-state index >= 15 is 0 Å². The van der Waals surface area contributed by atoms with Gasteiger partial charge >= 0.3 is 12.1 Å². The van der Waals surface area contributed by atoms with E-state index < -0.39 is 11.7 Å². The van der Waals surface area contributed by atoms with Gasteiger partial charge in [0.1, 0.15) is 5.60 Å². The Morgan fingerprint density at radius 2 is 1.94 bits per heavy atom. The van der Waals surface area contributed by atoms with Crippen LogP contribution < -0.4 is 5.32 Å². The summed E-state index contributed by atoms with van der Waals surface area (Å²) in [5.41, 5.74) is -0.531. The summed E-state index contributed by atoms with van der Waals surface area (Å²) in [6.45, 7) is 7.17. The van der Waals surface area contributed by atoms with Crippen molar-refractivity contribution in [3.8, 4) is 0 Å². The first-order valence-electron chi connectivity index (χ1n) is 5.40. The number of rotatable bonds is 5. The van der Waals surface area contributed by atoms with Crippen LogP contribution in [0.5, 0.6) is 0 Å². The predicted molar refractivity (Wildman–Crippen MR) is 65.1 cm³/mol. The van der Waals surface area contributed by atoms with Gasteiger partial charge in [-0.3, -0.25) is 4.79 Å². The highest BCUT2D eigenvalue weighted by atomic mass is 35.5. The van der Waals surface area contributed by atoms with Crippen LogP contribution in [0.1, 0.15) is 27.7 Å². The average Bonchev–Trinajstić information content (AvgIpc) is 2.14. The van der Waals surface area contributed by atoms with Crippen molar-refractivity contribution in [2.24, 2.45) is 5.92 Å². The van der Waals surface area contributed by atoms with E-state index in [1.165, 1.54) is 6.92 Å². The fraction of sp³-hybridized carbons (Fsp3) is 0.818. The maximum Gasteiger partial charge on any atom is 0.407 e. The lowest BCUT2D eigenvalue weighted by Gasteiger charge is -2.21. The molecule has 0 aromatic carbocycles. The van der Waals surface area contributed by atoms with E-state index in [9.17, 15) is 9.59 Å². The van der Waals surface area contributed by atoms with Crippen molar-refractivity contribution >= 4 is 23.7 Å². The monoisotopic (exact) mass is 265 g/mol. The summed E-state index contributed by atoms with van der Waals surface area (Å²) in [7, 11) is 0. The Bertz CT molecular complexity index is 263. The topological polar surface area (TPSA) is 64.6 Å². The van der Waals surface area contributed by atoms with Crippen LogP contribution >= 0.6 is 11.6 Å². The van der Waals surface area contributed by atoms with Crippen LogP contribution in [0.15, 0.2) is 0 Å². The zero-order valence-corrected chi connectivity index (χ0v) is 11.5. The van der Waals surface area contributed by atoms with Crippen molar-refractivity contribution in [1.29, 1.82) is 0 Å². The van der Waals surface area contributed by atoms with Gasteiger partial charge in [-0.15, -0.1) is 11.6 Å². The molecule has 0 bridgehead atoms. The lowest BCUT2D eigenvalue weighted by molar-refractivity contribution is -0.142. The molecule has 0 saturated heterocycles. The molecule has 0 aromatic rings. The van der Waals surface area contributed by atoms with E-state index in [0.29, 0.717) is 12.4 Å². The smallest absolute Gasteiger partial charge is 0.407 e. The Morgan fingerprint density at radius 1 is 1.35 bits per heavy atom. The number of alkyl carbamates (subject to hydrolysis) is 1. The van der Waals surface area contributed by atoms with Gasteiger partial charge in [-0.1, -0.05) is 0 Å². The number of hydrogen-bond donors (Lipinski definition) is 1. The zero-order chi connectivity index (χ0) is 13.5. The van der Waals surface area contributed by atoms with Gasteiger partial charge in [-0.05, 0) is 20.8 Å². The van der Waals surface area contributed by atoms with Crippen LogP contribution in [-0.2, 0) is 14.3 Å². The van der Waals surface area contributed by atoms with Crippen LogP contribution in [0, 0.1) is 5.92 Å². The number of halogens is 1. The van der Waals surface area contributed by atoms with Crippen molar-refractivity contribution < 1.29 is 19.1 Å². The molecule has 5 nitrogen and oxygen atoms in total. The Morgan fingerprint density at radius 3 is 2.35 bits per heavy atom. The predicted octanol–water partition coefficient (Wildman–Crippen LogP) is 1.93. The number of nitrogens with one attached hydrogen (secondary N) is 1. The molecule has 0 aromatic heterocycles. The third-order valence-electron chi connectivity index (χ3n) is 1.67. The zero-order valence-electron chi connectivity index (χ0n) is 10.7. The van der Waals surface area contributed by atoms with E-state index in [1.54, 1.807) is 20.8 Å². The number of esters is 1. The van der Waals surface area contributed by atoms with E-state index in [0.717, 1.165) is 0 Å². The number of carbonyl (C=O) groups excluding carboxylic acids is 2. The first-order chi connectivity index (χ1) is 7.74. The standard InChI is InChI=1S/C11H20ClNO4/c1-8(14)16-7-9(5-12)6-13-10(15)17-11(2,3)4/h9H,5-7H2,1-4H3,(H,13,15). The second-order valence-corrected chi connectivity index (χ2v) is 5.01. The Balaban J connectivity index is 3.90. The van der Waals surface area contributed by atoms with Gasteiger partial charge in [-0.25, -0.2) is 4.79 Å². The van der Waals surface area contributed by atoms with E-state index in [2.05, 4.69) is 5.32 Å². The van der Waals surface area contributed by atoms with Crippen molar-refractivity contribution in [3.63, 3.8) is 0 Å². The first-order valence-corrected chi connectivity index (χ1v) is 5.94. The molecule has 0 aliphatic heterocycles. The normalized spacial score (nSPS) is 12.8. The highest BCUT2D eigenvalue weighted by Crippen LogP contribution is 2.07. The van der Waals surface area contributed by atoms with E-state index in [1.807, 2.05) is 0 Å². The van der Waals surface area contributed by atoms with Gasteiger partial charge in [0.05, 0.1) is 6.61 Å². The average molecular weight is 266 g/mol. The van der Waals surface area contributed by atoms with Crippen LogP contribution in [-0.4, -0.2) is 36.7 Å². The molecule has 1 amide bonds.